The molecule has 0 saturated heterocycles. The predicted molar refractivity (Wildman–Crippen MR) is 78.2 cm³/mol. The average Bonchev–Trinajstić information content (AvgIpc) is 3.10. The van der Waals surface area contributed by atoms with Crippen LogP contribution in [0.15, 0.2) is 0 Å². The number of anilines is 1. The molecule has 2 aliphatic rings. The number of hydrogen-bond donors (Lipinski definition) is 2. The summed E-state index contributed by atoms with van der Waals surface area (Å²) >= 11 is 6.82. The minimum absolute atomic E-state index is 0.131. The van der Waals surface area contributed by atoms with Gasteiger partial charge in [-0.1, -0.05) is 12.2 Å². The molecule has 0 bridgehead atoms. The summed E-state index contributed by atoms with van der Waals surface area (Å²) in [6.45, 7) is 0. The van der Waals surface area contributed by atoms with Crippen molar-refractivity contribution in [3.05, 3.63) is 16.0 Å². The Morgan fingerprint density at radius 1 is 1.33 bits per heavy atom. The Balaban J connectivity index is 1.94. The van der Waals surface area contributed by atoms with Gasteiger partial charge in [-0.3, -0.25) is 4.79 Å². The van der Waals surface area contributed by atoms with Crippen LogP contribution in [0.2, 0.25) is 0 Å². The topological polar surface area (TPSA) is 55.1 Å². The van der Waals surface area contributed by atoms with Crippen LogP contribution >= 0.6 is 23.6 Å². The molecule has 1 aromatic rings. The number of fused-ring (bicyclic) bond motifs is 1. The fourth-order valence-corrected chi connectivity index (χ4v) is 4.07. The molecule has 0 aromatic carbocycles. The maximum Gasteiger partial charge on any atom is 0.228 e. The fourth-order valence-electron chi connectivity index (χ4n) is 2.47. The maximum atomic E-state index is 11.9. The van der Waals surface area contributed by atoms with Crippen LogP contribution in [0.25, 0.3) is 0 Å². The third kappa shape index (κ3) is 2.17. The van der Waals surface area contributed by atoms with Gasteiger partial charge >= 0.3 is 0 Å². The number of nitrogens with two attached hydrogens (primary N) is 1. The Hall–Kier alpha value is -0.940. The molecule has 0 aliphatic heterocycles. The van der Waals surface area contributed by atoms with Crippen molar-refractivity contribution < 1.29 is 4.79 Å². The summed E-state index contributed by atoms with van der Waals surface area (Å²) < 4.78 is 0. The van der Waals surface area contributed by atoms with Gasteiger partial charge in [-0.2, -0.15) is 0 Å². The normalized spacial score (nSPS) is 18.2. The molecular weight excluding hydrogens is 264 g/mol. The van der Waals surface area contributed by atoms with Crippen LogP contribution in [-0.4, -0.2) is 10.9 Å². The summed E-state index contributed by atoms with van der Waals surface area (Å²) in [5.41, 5.74) is 8.05. The lowest BCUT2D eigenvalue weighted by molar-refractivity contribution is -0.117. The second-order valence-corrected chi connectivity index (χ2v) is 6.59. The highest BCUT2D eigenvalue weighted by Crippen LogP contribution is 2.39. The molecule has 0 spiro atoms. The molecule has 1 heterocycles. The lowest BCUT2D eigenvalue weighted by atomic mass is 9.95. The third-order valence-corrected chi connectivity index (χ3v) is 5.01. The molecule has 2 aliphatic carbocycles. The summed E-state index contributed by atoms with van der Waals surface area (Å²) in [6.07, 6.45) is 6.57. The van der Waals surface area contributed by atoms with E-state index in [0.717, 1.165) is 36.2 Å². The van der Waals surface area contributed by atoms with E-state index in [9.17, 15) is 4.79 Å². The monoisotopic (exact) mass is 280 g/mol. The molecule has 18 heavy (non-hydrogen) atoms. The number of nitrogens with one attached hydrogen (secondary N) is 1. The van der Waals surface area contributed by atoms with E-state index in [4.69, 9.17) is 18.0 Å². The number of carbonyl (C=O) groups is 1. The number of carbonyl (C=O) groups excluding carboxylic acids is 1. The van der Waals surface area contributed by atoms with Crippen molar-refractivity contribution in [1.82, 2.24) is 0 Å². The molecule has 3 nitrogen and oxygen atoms in total. The molecular formula is C13H16N2OS2. The van der Waals surface area contributed by atoms with Crippen LogP contribution in [0.5, 0.6) is 0 Å². The van der Waals surface area contributed by atoms with E-state index in [1.807, 2.05) is 0 Å². The van der Waals surface area contributed by atoms with E-state index < -0.39 is 0 Å². The summed E-state index contributed by atoms with van der Waals surface area (Å²) in [5.74, 6) is 0.342. The summed E-state index contributed by atoms with van der Waals surface area (Å²) in [4.78, 5) is 13.6. The van der Waals surface area contributed by atoms with Crippen molar-refractivity contribution in [3.63, 3.8) is 0 Å². The number of aryl methyl sites for hydroxylation is 1. The van der Waals surface area contributed by atoms with Crippen molar-refractivity contribution in [1.29, 1.82) is 0 Å². The first-order chi connectivity index (χ1) is 8.66. The van der Waals surface area contributed by atoms with Gasteiger partial charge in [0.25, 0.3) is 0 Å². The zero-order valence-corrected chi connectivity index (χ0v) is 11.8. The highest BCUT2D eigenvalue weighted by Gasteiger charge is 2.31. The van der Waals surface area contributed by atoms with Gasteiger partial charge in [0, 0.05) is 16.4 Å². The van der Waals surface area contributed by atoms with Gasteiger partial charge in [-0.25, -0.2) is 0 Å². The minimum atomic E-state index is 0.131. The maximum absolute atomic E-state index is 11.9. The van der Waals surface area contributed by atoms with Gasteiger partial charge in [0.2, 0.25) is 5.91 Å². The van der Waals surface area contributed by atoms with Crippen LogP contribution in [0.1, 0.15) is 41.7 Å². The van der Waals surface area contributed by atoms with Crippen molar-refractivity contribution in [3.8, 4) is 0 Å². The zero-order valence-electron chi connectivity index (χ0n) is 10.1. The fraction of sp³-hybridized carbons (Fsp3) is 0.538. The Morgan fingerprint density at radius 2 is 2.06 bits per heavy atom. The zero-order chi connectivity index (χ0) is 12.7. The molecule has 0 radical (unpaired) electrons. The average molecular weight is 280 g/mol. The number of amides is 1. The van der Waals surface area contributed by atoms with Crippen LogP contribution in [0.4, 0.5) is 5.00 Å². The Bertz CT molecular complexity index is 517. The van der Waals surface area contributed by atoms with E-state index in [1.165, 1.54) is 23.3 Å². The molecule has 1 fully saturated rings. The van der Waals surface area contributed by atoms with E-state index in [0.29, 0.717) is 4.99 Å². The number of rotatable bonds is 3. The summed E-state index contributed by atoms with van der Waals surface area (Å²) in [5, 5.41) is 3.90. The van der Waals surface area contributed by atoms with Gasteiger partial charge in [0.05, 0.1) is 0 Å². The van der Waals surface area contributed by atoms with E-state index in [1.54, 1.807) is 11.3 Å². The van der Waals surface area contributed by atoms with Crippen molar-refractivity contribution >= 4 is 39.5 Å². The molecule has 0 unspecified atom stereocenters. The summed E-state index contributed by atoms with van der Waals surface area (Å²) in [6, 6.07) is 0. The highest BCUT2D eigenvalue weighted by molar-refractivity contribution is 7.80. The van der Waals surface area contributed by atoms with Crippen LogP contribution in [0.3, 0.4) is 0 Å². The van der Waals surface area contributed by atoms with Gasteiger partial charge in [-0.05, 0) is 44.1 Å². The highest BCUT2D eigenvalue weighted by atomic mass is 32.1. The molecule has 3 rings (SSSR count). The number of thiocarbonyl (C=S) groups is 1. The standard InChI is InChI=1S/C13H16N2OS2/c14-11(17)10-8-3-1-2-4-9(8)18-13(10)15-12(16)7-5-6-7/h7H,1-6H2,(H2,14,17)(H,15,16). The quantitative estimate of drug-likeness (QED) is 0.837. The lowest BCUT2D eigenvalue weighted by Gasteiger charge is -2.12. The van der Waals surface area contributed by atoms with Gasteiger partial charge < -0.3 is 11.1 Å². The first-order valence-corrected chi connectivity index (χ1v) is 7.64. The molecule has 1 saturated carbocycles. The van der Waals surface area contributed by atoms with Crippen molar-refractivity contribution in [2.75, 3.05) is 5.32 Å². The molecule has 96 valence electrons. The van der Waals surface area contributed by atoms with Crippen LogP contribution in [0, 0.1) is 5.92 Å². The minimum Gasteiger partial charge on any atom is -0.389 e. The van der Waals surface area contributed by atoms with Crippen molar-refractivity contribution in [2.45, 2.75) is 38.5 Å². The molecule has 1 aromatic heterocycles. The van der Waals surface area contributed by atoms with Crippen molar-refractivity contribution in [2.24, 2.45) is 11.7 Å². The predicted octanol–water partition coefficient (Wildman–Crippen LogP) is 2.61. The molecule has 5 heteroatoms. The first-order valence-electron chi connectivity index (χ1n) is 6.42. The smallest absolute Gasteiger partial charge is 0.228 e. The third-order valence-electron chi connectivity index (χ3n) is 3.60. The van der Waals surface area contributed by atoms with Crippen LogP contribution < -0.4 is 11.1 Å². The summed E-state index contributed by atoms with van der Waals surface area (Å²) in [7, 11) is 0. The SMILES string of the molecule is NC(=S)c1c(NC(=O)C2CC2)sc2c1CCCC2. The van der Waals surface area contributed by atoms with Gasteiger partial charge in [-0.15, -0.1) is 11.3 Å². The molecule has 0 atom stereocenters. The first kappa shape index (κ1) is 12.1. The number of thiophene rings is 1. The lowest BCUT2D eigenvalue weighted by Crippen LogP contribution is -2.18. The Kier molecular flexibility index (Phi) is 3.11. The molecule has 3 N–H and O–H groups in total. The molecule has 1 amide bonds. The van der Waals surface area contributed by atoms with E-state index in [2.05, 4.69) is 5.32 Å². The second-order valence-electron chi connectivity index (χ2n) is 5.04. The van der Waals surface area contributed by atoms with Gasteiger partial charge in [0.15, 0.2) is 0 Å². The number of hydrogen-bond acceptors (Lipinski definition) is 3. The largest absolute Gasteiger partial charge is 0.389 e. The van der Waals surface area contributed by atoms with E-state index in [-0.39, 0.29) is 11.8 Å². The Morgan fingerprint density at radius 3 is 2.72 bits per heavy atom. The van der Waals surface area contributed by atoms with Crippen LogP contribution in [-0.2, 0) is 17.6 Å². The Labute approximate surface area is 116 Å². The van der Waals surface area contributed by atoms with Gasteiger partial charge in [0.1, 0.15) is 9.99 Å². The van der Waals surface area contributed by atoms with E-state index >= 15 is 0 Å². The second kappa shape index (κ2) is 4.63.